The van der Waals surface area contributed by atoms with Gasteiger partial charge in [0, 0.05) is 10.7 Å². The Morgan fingerprint density at radius 3 is 2.67 bits per heavy atom. The van der Waals surface area contributed by atoms with Crippen LogP contribution in [0.4, 0.5) is 5.69 Å². The molecule has 1 fully saturated rings. The predicted octanol–water partition coefficient (Wildman–Crippen LogP) is 1.27. The van der Waals surface area contributed by atoms with E-state index in [0.29, 0.717) is 17.1 Å². The van der Waals surface area contributed by atoms with Gasteiger partial charge in [0.1, 0.15) is 6.10 Å². The largest absolute Gasteiger partial charge is 0.458 e. The molecule has 1 saturated heterocycles. The number of esters is 1. The van der Waals surface area contributed by atoms with Crippen LogP contribution in [0.2, 0.25) is 5.02 Å². The summed E-state index contributed by atoms with van der Waals surface area (Å²) in [5.41, 5.74) is 6.14. The summed E-state index contributed by atoms with van der Waals surface area (Å²) in [5.74, 6) is -0.663. The van der Waals surface area contributed by atoms with Gasteiger partial charge in [-0.2, -0.15) is 0 Å². The Hall–Kier alpha value is -1.27. The van der Waals surface area contributed by atoms with E-state index in [9.17, 15) is 13.2 Å². The first-order valence-corrected chi connectivity index (χ1v) is 7.53. The van der Waals surface area contributed by atoms with Crippen molar-refractivity contribution < 1.29 is 17.9 Å². The summed E-state index contributed by atoms with van der Waals surface area (Å²) in [7, 11) is -3.07. The van der Waals surface area contributed by atoms with Crippen molar-refractivity contribution in [2.45, 2.75) is 12.5 Å². The Kier molecular flexibility index (Phi) is 3.49. The quantitative estimate of drug-likeness (QED) is 0.654. The summed E-state index contributed by atoms with van der Waals surface area (Å²) in [6.45, 7) is 0. The minimum absolute atomic E-state index is 0.0582. The van der Waals surface area contributed by atoms with E-state index >= 15 is 0 Å². The first kappa shape index (κ1) is 13.2. The number of carbonyl (C=O) groups is 1. The highest BCUT2D eigenvalue weighted by atomic mass is 35.5. The number of nitrogens with two attached hydrogens (primary N) is 1. The van der Waals surface area contributed by atoms with Gasteiger partial charge >= 0.3 is 5.97 Å². The Balaban J connectivity index is 2.08. The molecule has 98 valence electrons. The van der Waals surface area contributed by atoms with Gasteiger partial charge in [-0.25, -0.2) is 13.2 Å². The monoisotopic (exact) mass is 289 g/mol. The molecule has 0 saturated carbocycles. The highest BCUT2D eigenvalue weighted by Crippen LogP contribution is 2.20. The summed E-state index contributed by atoms with van der Waals surface area (Å²) in [6.07, 6.45) is -0.243. The molecule has 1 heterocycles. The van der Waals surface area contributed by atoms with Crippen LogP contribution >= 0.6 is 11.6 Å². The van der Waals surface area contributed by atoms with Gasteiger partial charge in [0.25, 0.3) is 0 Å². The fraction of sp³-hybridized carbons (Fsp3) is 0.364. The number of hydrogen-bond donors (Lipinski definition) is 1. The van der Waals surface area contributed by atoms with Gasteiger partial charge in [0.2, 0.25) is 0 Å². The van der Waals surface area contributed by atoms with E-state index in [1.165, 1.54) is 18.2 Å². The van der Waals surface area contributed by atoms with Crippen molar-refractivity contribution in [2.24, 2.45) is 0 Å². The van der Waals surface area contributed by atoms with Crippen molar-refractivity contribution in [2.75, 3.05) is 17.2 Å². The molecule has 1 unspecified atom stereocenters. The Bertz CT molecular complexity index is 564. The molecule has 5 nitrogen and oxygen atoms in total. The van der Waals surface area contributed by atoms with Gasteiger partial charge in [-0.05, 0) is 24.6 Å². The molecule has 1 aliphatic heterocycles. The molecule has 1 atom stereocenters. The van der Waals surface area contributed by atoms with Crippen LogP contribution in [0.25, 0.3) is 0 Å². The Morgan fingerprint density at radius 1 is 1.39 bits per heavy atom. The number of hydrogen-bond acceptors (Lipinski definition) is 5. The van der Waals surface area contributed by atoms with Crippen LogP contribution in [0.3, 0.4) is 0 Å². The number of ether oxygens (including phenoxy) is 1. The predicted molar refractivity (Wildman–Crippen MR) is 68.3 cm³/mol. The molecule has 0 aromatic heterocycles. The molecule has 1 aromatic rings. The highest BCUT2D eigenvalue weighted by Gasteiger charge is 2.31. The van der Waals surface area contributed by atoms with Crippen molar-refractivity contribution in [3.05, 3.63) is 28.8 Å². The number of halogens is 1. The average molecular weight is 290 g/mol. The maximum atomic E-state index is 11.8. The van der Waals surface area contributed by atoms with Crippen LogP contribution < -0.4 is 5.73 Å². The molecule has 7 heteroatoms. The summed E-state index contributed by atoms with van der Waals surface area (Å²) in [6, 6.07) is 4.39. The van der Waals surface area contributed by atoms with Crippen molar-refractivity contribution in [3.63, 3.8) is 0 Å². The third-order valence-electron chi connectivity index (χ3n) is 2.62. The smallest absolute Gasteiger partial charge is 0.338 e. The van der Waals surface area contributed by atoms with Crippen LogP contribution in [-0.4, -0.2) is 32.0 Å². The van der Waals surface area contributed by atoms with Crippen LogP contribution in [0.5, 0.6) is 0 Å². The molecule has 2 N–H and O–H groups in total. The second kappa shape index (κ2) is 4.78. The fourth-order valence-corrected chi connectivity index (χ4v) is 3.64. The molecule has 1 aliphatic rings. The molecule has 0 aliphatic carbocycles. The van der Waals surface area contributed by atoms with Crippen molar-refractivity contribution in [1.82, 2.24) is 0 Å². The zero-order chi connectivity index (χ0) is 13.3. The van der Waals surface area contributed by atoms with Gasteiger partial charge < -0.3 is 10.5 Å². The number of rotatable bonds is 2. The minimum Gasteiger partial charge on any atom is -0.458 e. The second-order valence-corrected chi connectivity index (χ2v) is 6.87. The normalized spacial score (nSPS) is 21.7. The molecular formula is C11H12ClNO4S. The molecule has 18 heavy (non-hydrogen) atoms. The zero-order valence-corrected chi connectivity index (χ0v) is 11.0. The summed E-state index contributed by atoms with van der Waals surface area (Å²) < 4.78 is 27.6. The van der Waals surface area contributed by atoms with Gasteiger partial charge in [-0.15, -0.1) is 0 Å². The molecule has 0 spiro atoms. The standard InChI is InChI=1S/C11H12ClNO4S/c12-8-3-7(4-9(13)5-8)11(14)17-10-1-2-18(15,16)6-10/h3-5,10H,1-2,6,13H2. The third-order valence-corrected chi connectivity index (χ3v) is 4.58. The lowest BCUT2D eigenvalue weighted by atomic mass is 10.2. The Labute approximate surface area is 110 Å². The topological polar surface area (TPSA) is 86.5 Å². The SMILES string of the molecule is Nc1cc(Cl)cc(C(=O)OC2CCS(=O)(=O)C2)c1. The zero-order valence-electron chi connectivity index (χ0n) is 9.43. The van der Waals surface area contributed by atoms with Crippen molar-refractivity contribution in [3.8, 4) is 0 Å². The van der Waals surface area contributed by atoms with Crippen LogP contribution in [0, 0.1) is 0 Å². The lowest BCUT2D eigenvalue weighted by Crippen LogP contribution is -2.19. The summed E-state index contributed by atoms with van der Waals surface area (Å²) >= 11 is 5.77. The minimum atomic E-state index is -3.07. The van der Waals surface area contributed by atoms with Crippen molar-refractivity contribution >= 4 is 33.1 Å². The maximum absolute atomic E-state index is 11.8. The fourth-order valence-electron chi connectivity index (χ4n) is 1.80. The summed E-state index contributed by atoms with van der Waals surface area (Å²) in [5, 5.41) is 0.334. The van der Waals surface area contributed by atoms with Gasteiger partial charge in [0.15, 0.2) is 9.84 Å². The van der Waals surface area contributed by atoms with E-state index in [4.69, 9.17) is 22.1 Å². The van der Waals surface area contributed by atoms with Crippen LogP contribution in [0.1, 0.15) is 16.8 Å². The number of anilines is 1. The number of benzene rings is 1. The first-order valence-electron chi connectivity index (χ1n) is 5.33. The van der Waals surface area contributed by atoms with E-state index in [1.807, 2.05) is 0 Å². The molecule has 0 amide bonds. The molecule has 1 aromatic carbocycles. The van der Waals surface area contributed by atoms with Gasteiger partial charge in [-0.3, -0.25) is 0 Å². The first-order chi connectivity index (χ1) is 8.35. The number of sulfone groups is 1. The third kappa shape index (κ3) is 3.14. The number of carbonyl (C=O) groups excluding carboxylic acids is 1. The second-order valence-electron chi connectivity index (χ2n) is 4.20. The van der Waals surface area contributed by atoms with Crippen LogP contribution in [-0.2, 0) is 14.6 Å². The number of nitrogen functional groups attached to an aromatic ring is 1. The Morgan fingerprint density at radius 2 is 2.11 bits per heavy atom. The van der Waals surface area contributed by atoms with Crippen molar-refractivity contribution in [1.29, 1.82) is 0 Å². The summed E-state index contributed by atoms with van der Waals surface area (Å²) in [4.78, 5) is 11.8. The van der Waals surface area contributed by atoms with E-state index in [-0.39, 0.29) is 17.1 Å². The molecule has 2 rings (SSSR count). The van der Waals surface area contributed by atoms with E-state index in [2.05, 4.69) is 0 Å². The average Bonchev–Trinajstić information content (AvgIpc) is 2.56. The lowest BCUT2D eigenvalue weighted by Gasteiger charge is -2.10. The molecule has 0 bridgehead atoms. The lowest BCUT2D eigenvalue weighted by molar-refractivity contribution is 0.0356. The maximum Gasteiger partial charge on any atom is 0.338 e. The van der Waals surface area contributed by atoms with E-state index in [0.717, 1.165) is 0 Å². The molecular weight excluding hydrogens is 278 g/mol. The van der Waals surface area contributed by atoms with E-state index in [1.54, 1.807) is 0 Å². The van der Waals surface area contributed by atoms with Crippen LogP contribution in [0.15, 0.2) is 18.2 Å². The van der Waals surface area contributed by atoms with Gasteiger partial charge in [0.05, 0.1) is 17.1 Å². The molecule has 0 radical (unpaired) electrons. The van der Waals surface area contributed by atoms with Gasteiger partial charge in [-0.1, -0.05) is 11.6 Å². The van der Waals surface area contributed by atoms with E-state index < -0.39 is 21.9 Å². The highest BCUT2D eigenvalue weighted by molar-refractivity contribution is 7.91.